The molecule has 128 valence electrons. The van der Waals surface area contributed by atoms with Crippen molar-refractivity contribution in [2.45, 2.75) is 43.9 Å². The molecule has 1 heterocycles. The maximum Gasteiger partial charge on any atom is 0.428 e. The smallest absolute Gasteiger partial charge is 0.360 e. The van der Waals surface area contributed by atoms with E-state index in [0.717, 1.165) is 0 Å². The van der Waals surface area contributed by atoms with Gasteiger partial charge < -0.3 is 19.8 Å². The van der Waals surface area contributed by atoms with Crippen molar-refractivity contribution in [3.05, 3.63) is 0 Å². The molecule has 2 atom stereocenters. The topological polar surface area (TPSA) is 152 Å². The highest BCUT2D eigenvalue weighted by Crippen LogP contribution is 2.77. The third-order valence-corrected chi connectivity index (χ3v) is 7.01. The van der Waals surface area contributed by atoms with Crippen LogP contribution in [0.1, 0.15) is 13.3 Å². The van der Waals surface area contributed by atoms with E-state index in [9.17, 15) is 29.5 Å². The summed E-state index contributed by atoms with van der Waals surface area (Å²) in [4.78, 5) is 31.0. The van der Waals surface area contributed by atoms with Gasteiger partial charge in [0.05, 0.1) is 6.61 Å². The molecule has 0 aliphatic carbocycles. The molecule has 0 spiro atoms. The number of hydrogen-bond donors (Lipinski definition) is 3. The summed E-state index contributed by atoms with van der Waals surface area (Å²) in [6, 6.07) is 0. The second-order valence-corrected chi connectivity index (χ2v) is 12.9. The van der Waals surface area contributed by atoms with E-state index in [1.54, 1.807) is 6.92 Å². The van der Waals surface area contributed by atoms with E-state index in [2.05, 4.69) is 14.3 Å². The highest BCUT2D eigenvalue weighted by molar-refractivity contribution is 7.62. The van der Waals surface area contributed by atoms with Crippen LogP contribution in [-0.4, -0.2) is 52.9 Å². The predicted octanol–water partition coefficient (Wildman–Crippen LogP) is -0.158. The number of hydrogen-bond acceptors (Lipinski definition) is 10. The molecular formula is C10H19O10PSi. The molecule has 22 heavy (non-hydrogen) atoms. The van der Waals surface area contributed by atoms with Crippen LogP contribution >= 0.6 is 7.60 Å². The van der Waals surface area contributed by atoms with E-state index in [1.165, 1.54) is 19.6 Å². The summed E-state index contributed by atoms with van der Waals surface area (Å²) < 4.78 is 20.8. The van der Waals surface area contributed by atoms with Gasteiger partial charge in [-0.25, -0.2) is 23.9 Å². The third-order valence-electron chi connectivity index (χ3n) is 2.84. The van der Waals surface area contributed by atoms with Gasteiger partial charge in [-0.05, 0) is 6.42 Å². The largest absolute Gasteiger partial charge is 0.428 e. The summed E-state index contributed by atoms with van der Waals surface area (Å²) in [6.45, 7) is 6.05. The Morgan fingerprint density at radius 2 is 1.82 bits per heavy atom. The lowest BCUT2D eigenvalue weighted by Gasteiger charge is -2.29. The Bertz CT molecular complexity index is 512. The molecule has 0 radical (unpaired) electrons. The van der Waals surface area contributed by atoms with Crippen molar-refractivity contribution in [3.63, 3.8) is 0 Å². The molecule has 1 aliphatic rings. The first kappa shape index (κ1) is 19.2. The Kier molecular flexibility index (Phi) is 5.25. The molecule has 0 aromatic heterocycles. The molecule has 10 nitrogen and oxygen atoms in total. The number of rotatable bonds is 6. The van der Waals surface area contributed by atoms with E-state index in [4.69, 9.17) is 4.52 Å². The van der Waals surface area contributed by atoms with Crippen LogP contribution in [-0.2, 0) is 33.0 Å². The van der Waals surface area contributed by atoms with Crippen molar-refractivity contribution >= 4 is 27.6 Å². The van der Waals surface area contributed by atoms with Crippen LogP contribution in [0.4, 0.5) is 0 Å². The van der Waals surface area contributed by atoms with Crippen LogP contribution in [0.2, 0.25) is 19.6 Å². The van der Waals surface area contributed by atoms with Gasteiger partial charge in [-0.2, -0.15) is 0 Å². The van der Waals surface area contributed by atoms with Gasteiger partial charge in [-0.1, -0.05) is 26.6 Å². The second-order valence-electron chi connectivity index (χ2n) is 5.69. The molecule has 0 bridgehead atoms. The van der Waals surface area contributed by atoms with E-state index < -0.39 is 38.5 Å². The number of carbonyl (C=O) groups is 2. The third kappa shape index (κ3) is 3.40. The molecule has 3 N–H and O–H groups in total. The van der Waals surface area contributed by atoms with Crippen molar-refractivity contribution in [3.8, 4) is 0 Å². The Labute approximate surface area is 127 Å². The first-order valence-corrected chi connectivity index (χ1v) is 11.4. The van der Waals surface area contributed by atoms with E-state index in [-0.39, 0.29) is 6.61 Å². The normalized spacial score (nSPS) is 28.1. The van der Waals surface area contributed by atoms with Gasteiger partial charge in [-0.15, -0.1) is 0 Å². The minimum Gasteiger partial charge on any atom is -0.360 e. The monoisotopic (exact) mass is 358 g/mol. The van der Waals surface area contributed by atoms with Crippen molar-refractivity contribution < 1.29 is 48.3 Å². The van der Waals surface area contributed by atoms with Crippen LogP contribution in [0, 0.1) is 0 Å². The van der Waals surface area contributed by atoms with Crippen LogP contribution in [0.15, 0.2) is 0 Å². The average Bonchev–Trinajstić information content (AvgIpc) is 2.96. The van der Waals surface area contributed by atoms with Crippen LogP contribution in [0.25, 0.3) is 0 Å². The van der Waals surface area contributed by atoms with Gasteiger partial charge in [0.2, 0.25) is 5.41 Å². The van der Waals surface area contributed by atoms with Gasteiger partial charge in [0.1, 0.15) is 8.07 Å². The van der Waals surface area contributed by atoms with Crippen LogP contribution in [0.5, 0.6) is 0 Å². The molecule has 0 aromatic carbocycles. The summed E-state index contributed by atoms with van der Waals surface area (Å²) in [5, 5.41) is 28.9. The fraction of sp³-hybridized carbons (Fsp3) is 0.800. The summed E-state index contributed by atoms with van der Waals surface area (Å²) in [6.07, 6.45) is 0.460. The van der Waals surface area contributed by atoms with Gasteiger partial charge >= 0.3 is 25.1 Å². The van der Waals surface area contributed by atoms with Crippen molar-refractivity contribution in [1.82, 2.24) is 0 Å². The zero-order chi connectivity index (χ0) is 17.4. The summed E-state index contributed by atoms with van der Waals surface area (Å²) in [5.41, 5.74) is -5.67. The number of carbonyl (C=O) groups excluding carboxylic acids is 2. The second kappa shape index (κ2) is 6.00. The maximum absolute atomic E-state index is 11.8. The minimum absolute atomic E-state index is 0.0291. The molecule has 0 aromatic rings. The zero-order valence-corrected chi connectivity index (χ0v) is 14.5. The van der Waals surface area contributed by atoms with Crippen LogP contribution in [0.3, 0.4) is 0 Å². The average molecular weight is 358 g/mol. The Balaban J connectivity index is 2.62. The SMILES string of the molecule is CCCOP1(=O)OC1(O)C(=O)OOC(=O)C(O)(O)[Si](C)(C)C. The maximum atomic E-state index is 11.8. The molecule has 12 heteroatoms. The summed E-state index contributed by atoms with van der Waals surface area (Å²) >= 11 is 0. The summed E-state index contributed by atoms with van der Waals surface area (Å²) in [7, 11) is -6.89. The Morgan fingerprint density at radius 1 is 1.27 bits per heavy atom. The molecule has 1 aliphatic heterocycles. The quantitative estimate of drug-likeness (QED) is 0.146. The lowest BCUT2D eigenvalue weighted by Crippen LogP contribution is -2.58. The lowest BCUT2D eigenvalue weighted by molar-refractivity contribution is -0.287. The van der Waals surface area contributed by atoms with Crippen molar-refractivity contribution in [2.24, 2.45) is 0 Å². The van der Waals surface area contributed by atoms with Gasteiger partial charge in [-0.3, -0.25) is 4.57 Å². The Morgan fingerprint density at radius 3 is 2.27 bits per heavy atom. The Hall–Kier alpha value is -0.813. The molecule has 0 saturated carbocycles. The minimum atomic E-state index is -4.07. The molecule has 1 rings (SSSR count). The van der Waals surface area contributed by atoms with E-state index >= 15 is 0 Å². The van der Waals surface area contributed by atoms with Gasteiger partial charge in [0.15, 0.2) is 0 Å². The van der Waals surface area contributed by atoms with Gasteiger partial charge in [0, 0.05) is 0 Å². The van der Waals surface area contributed by atoms with Crippen LogP contribution < -0.4 is 0 Å². The van der Waals surface area contributed by atoms with Crippen molar-refractivity contribution in [2.75, 3.05) is 6.61 Å². The standard InChI is InChI=1S/C10H19O10PSi/c1-5-6-17-21(16)10(15,20-21)8(12)19-18-7(11)9(13,14)22(2,3)4/h13-15H,5-6H2,1-4H3. The van der Waals surface area contributed by atoms with E-state index in [1.807, 2.05) is 0 Å². The highest BCUT2D eigenvalue weighted by atomic mass is 31.2. The zero-order valence-electron chi connectivity index (χ0n) is 12.6. The molecular weight excluding hydrogens is 339 g/mol. The predicted molar refractivity (Wildman–Crippen MR) is 72.6 cm³/mol. The molecule has 0 amide bonds. The lowest BCUT2D eigenvalue weighted by atomic mass is 10.5. The fourth-order valence-corrected chi connectivity index (χ4v) is 3.25. The highest BCUT2D eigenvalue weighted by Gasteiger charge is 2.78. The molecule has 1 saturated heterocycles. The fourth-order valence-electron chi connectivity index (χ4n) is 1.12. The van der Waals surface area contributed by atoms with Crippen molar-refractivity contribution in [1.29, 1.82) is 0 Å². The molecule has 1 fully saturated rings. The molecule has 2 unspecified atom stereocenters. The first-order valence-electron chi connectivity index (χ1n) is 6.38. The number of aliphatic hydroxyl groups is 3. The van der Waals surface area contributed by atoms with E-state index in [0.29, 0.717) is 6.42 Å². The summed E-state index contributed by atoms with van der Waals surface area (Å²) in [5.74, 6) is -3.32. The van der Waals surface area contributed by atoms with Gasteiger partial charge in [0.25, 0.3) is 0 Å². The first-order chi connectivity index (χ1) is 9.82.